The van der Waals surface area contributed by atoms with Gasteiger partial charge in [0.1, 0.15) is 0 Å². The largest absolute Gasteiger partial charge is 0.481 e. The Morgan fingerprint density at radius 2 is 1.76 bits per heavy atom. The molecule has 1 aliphatic carbocycles. The molecule has 1 saturated carbocycles. The van der Waals surface area contributed by atoms with Gasteiger partial charge in [0.05, 0.1) is 7.11 Å². The van der Waals surface area contributed by atoms with Gasteiger partial charge >= 0.3 is 11.9 Å². The molecule has 0 aromatic heterocycles. The maximum Gasteiger partial charge on any atom is 0.305 e. The van der Waals surface area contributed by atoms with E-state index in [0.29, 0.717) is 5.92 Å². The number of rotatable bonds is 5. The summed E-state index contributed by atoms with van der Waals surface area (Å²) in [6.07, 6.45) is 7.20. The van der Waals surface area contributed by atoms with Gasteiger partial charge in [-0.25, -0.2) is 0 Å². The van der Waals surface area contributed by atoms with Gasteiger partial charge < -0.3 is 9.84 Å². The summed E-state index contributed by atoms with van der Waals surface area (Å²) in [5.74, 6) is -0.797. The maximum atomic E-state index is 11.3. The molecule has 0 aliphatic heterocycles. The summed E-state index contributed by atoms with van der Waals surface area (Å²) in [7, 11) is 1.35. The third kappa shape index (κ3) is 5.20. The molecule has 1 aliphatic rings. The second-order valence-electron chi connectivity index (χ2n) is 4.89. The Kier molecular flexibility index (Phi) is 6.01. The predicted octanol–water partition coefficient (Wildman–Crippen LogP) is 2.61. The van der Waals surface area contributed by atoms with Crippen molar-refractivity contribution in [3.05, 3.63) is 0 Å². The van der Waals surface area contributed by atoms with E-state index in [0.717, 1.165) is 25.7 Å². The fraction of sp³-hybridized carbons (Fsp3) is 0.846. The second kappa shape index (κ2) is 7.30. The van der Waals surface area contributed by atoms with Crippen LogP contribution < -0.4 is 0 Å². The molecule has 98 valence electrons. The minimum atomic E-state index is -0.817. The van der Waals surface area contributed by atoms with Crippen molar-refractivity contribution in [2.45, 2.75) is 51.4 Å². The quantitative estimate of drug-likeness (QED) is 0.594. The van der Waals surface area contributed by atoms with Crippen LogP contribution in [0.3, 0.4) is 0 Å². The minimum Gasteiger partial charge on any atom is -0.481 e. The lowest BCUT2D eigenvalue weighted by Gasteiger charge is -2.23. The normalized spacial score (nSPS) is 19.4. The Bertz CT molecular complexity index is 254. The molecule has 17 heavy (non-hydrogen) atoms. The van der Waals surface area contributed by atoms with Crippen LogP contribution in [0.25, 0.3) is 0 Å². The number of hydrogen-bond donors (Lipinski definition) is 1. The van der Waals surface area contributed by atoms with Crippen molar-refractivity contribution in [1.29, 1.82) is 0 Å². The molecular formula is C13H22O4. The number of ether oxygens (including phenoxy) is 1. The number of aliphatic carboxylic acids is 1. The van der Waals surface area contributed by atoms with Gasteiger partial charge in [0.2, 0.25) is 0 Å². The Morgan fingerprint density at radius 1 is 1.18 bits per heavy atom. The average Bonchev–Trinajstić information content (AvgIpc) is 2.55. The summed E-state index contributed by atoms with van der Waals surface area (Å²) in [5.41, 5.74) is 0. The average molecular weight is 242 g/mol. The number of hydrogen-bond acceptors (Lipinski definition) is 3. The summed E-state index contributed by atoms with van der Waals surface area (Å²) >= 11 is 0. The smallest absolute Gasteiger partial charge is 0.305 e. The topological polar surface area (TPSA) is 63.6 Å². The Morgan fingerprint density at radius 3 is 2.24 bits per heavy atom. The van der Waals surface area contributed by atoms with Crippen LogP contribution >= 0.6 is 0 Å². The zero-order valence-electron chi connectivity index (χ0n) is 10.5. The second-order valence-corrected chi connectivity index (χ2v) is 4.89. The molecule has 1 N–H and O–H groups in total. The van der Waals surface area contributed by atoms with Crippen LogP contribution in [0, 0.1) is 11.8 Å². The van der Waals surface area contributed by atoms with Gasteiger partial charge in [0, 0.05) is 12.8 Å². The molecule has 0 saturated heterocycles. The van der Waals surface area contributed by atoms with Crippen LogP contribution in [0.4, 0.5) is 0 Å². The van der Waals surface area contributed by atoms with Gasteiger partial charge in [-0.15, -0.1) is 0 Å². The maximum absolute atomic E-state index is 11.3. The number of carboxylic acid groups (broad SMARTS) is 1. The van der Waals surface area contributed by atoms with Crippen molar-refractivity contribution < 1.29 is 19.4 Å². The van der Waals surface area contributed by atoms with Gasteiger partial charge in [-0.05, 0) is 11.8 Å². The molecule has 0 aromatic carbocycles. The highest BCUT2D eigenvalue weighted by Crippen LogP contribution is 2.32. The van der Waals surface area contributed by atoms with Crippen molar-refractivity contribution in [3.63, 3.8) is 0 Å². The summed E-state index contributed by atoms with van der Waals surface area (Å²) in [6.45, 7) is 0. The van der Waals surface area contributed by atoms with E-state index in [9.17, 15) is 9.59 Å². The molecule has 4 nitrogen and oxygen atoms in total. The van der Waals surface area contributed by atoms with Crippen LogP contribution in [0.5, 0.6) is 0 Å². The van der Waals surface area contributed by atoms with Crippen molar-refractivity contribution >= 4 is 11.9 Å². The molecule has 0 radical (unpaired) electrons. The fourth-order valence-corrected chi connectivity index (χ4v) is 2.71. The zero-order chi connectivity index (χ0) is 12.7. The number of carbonyl (C=O) groups excluding carboxylic acids is 1. The van der Waals surface area contributed by atoms with Crippen molar-refractivity contribution in [1.82, 2.24) is 0 Å². The van der Waals surface area contributed by atoms with Crippen molar-refractivity contribution in [2.75, 3.05) is 7.11 Å². The molecule has 0 spiro atoms. The Hall–Kier alpha value is -1.06. The Labute approximate surface area is 102 Å². The molecular weight excluding hydrogens is 220 g/mol. The summed E-state index contributed by atoms with van der Waals surface area (Å²) in [6, 6.07) is 0. The van der Waals surface area contributed by atoms with E-state index >= 15 is 0 Å². The number of carboxylic acids is 1. The molecule has 1 unspecified atom stereocenters. The lowest BCUT2D eigenvalue weighted by atomic mass is 9.82. The van der Waals surface area contributed by atoms with Crippen molar-refractivity contribution in [2.24, 2.45) is 11.8 Å². The van der Waals surface area contributed by atoms with Crippen LogP contribution in [-0.2, 0) is 14.3 Å². The van der Waals surface area contributed by atoms with E-state index in [1.807, 2.05) is 0 Å². The zero-order valence-corrected chi connectivity index (χ0v) is 10.5. The molecule has 0 aromatic rings. The molecule has 0 heterocycles. The molecule has 0 bridgehead atoms. The van der Waals surface area contributed by atoms with Crippen LogP contribution in [0.15, 0.2) is 0 Å². The highest BCUT2D eigenvalue weighted by molar-refractivity contribution is 5.72. The standard InChI is InChI=1S/C13H22O4/c1-17-13(16)9-11(8-12(14)15)10-6-4-2-3-5-7-10/h10-11H,2-9H2,1H3,(H,14,15). The van der Waals surface area contributed by atoms with E-state index < -0.39 is 5.97 Å². The highest BCUT2D eigenvalue weighted by Gasteiger charge is 2.27. The molecule has 1 fully saturated rings. The van der Waals surface area contributed by atoms with E-state index in [1.165, 1.54) is 20.0 Å². The lowest BCUT2D eigenvalue weighted by molar-refractivity contribution is -0.144. The Balaban J connectivity index is 2.58. The first kappa shape index (κ1) is 14.0. The summed E-state index contributed by atoms with van der Waals surface area (Å²) in [5, 5.41) is 8.92. The third-order valence-electron chi connectivity index (χ3n) is 3.66. The SMILES string of the molecule is COC(=O)CC(CC(=O)O)C1CCCCCC1. The van der Waals surface area contributed by atoms with E-state index in [-0.39, 0.29) is 24.7 Å². The van der Waals surface area contributed by atoms with E-state index in [1.54, 1.807) is 0 Å². The van der Waals surface area contributed by atoms with Crippen LogP contribution in [0.2, 0.25) is 0 Å². The van der Waals surface area contributed by atoms with Gasteiger partial charge in [0.15, 0.2) is 0 Å². The predicted molar refractivity (Wildman–Crippen MR) is 63.6 cm³/mol. The van der Waals surface area contributed by atoms with Crippen LogP contribution in [-0.4, -0.2) is 24.2 Å². The summed E-state index contributed by atoms with van der Waals surface area (Å²) < 4.78 is 4.65. The minimum absolute atomic E-state index is 0.0574. The van der Waals surface area contributed by atoms with Crippen molar-refractivity contribution in [3.8, 4) is 0 Å². The first-order chi connectivity index (χ1) is 8.13. The molecule has 4 heteroatoms. The van der Waals surface area contributed by atoms with Gasteiger partial charge in [-0.1, -0.05) is 38.5 Å². The first-order valence-electron chi connectivity index (χ1n) is 6.42. The third-order valence-corrected chi connectivity index (χ3v) is 3.66. The molecule has 0 amide bonds. The van der Waals surface area contributed by atoms with Gasteiger partial charge in [-0.3, -0.25) is 9.59 Å². The number of methoxy groups -OCH3 is 1. The molecule has 1 rings (SSSR count). The van der Waals surface area contributed by atoms with E-state index in [4.69, 9.17) is 5.11 Å². The van der Waals surface area contributed by atoms with Gasteiger partial charge in [0.25, 0.3) is 0 Å². The lowest BCUT2D eigenvalue weighted by Crippen LogP contribution is -2.22. The fourth-order valence-electron chi connectivity index (χ4n) is 2.71. The number of carbonyl (C=O) groups is 2. The highest BCUT2D eigenvalue weighted by atomic mass is 16.5. The van der Waals surface area contributed by atoms with Gasteiger partial charge in [-0.2, -0.15) is 0 Å². The van der Waals surface area contributed by atoms with E-state index in [2.05, 4.69) is 4.74 Å². The monoisotopic (exact) mass is 242 g/mol. The number of esters is 1. The van der Waals surface area contributed by atoms with Crippen LogP contribution in [0.1, 0.15) is 51.4 Å². The first-order valence-corrected chi connectivity index (χ1v) is 6.42. The molecule has 1 atom stereocenters. The summed E-state index contributed by atoms with van der Waals surface area (Å²) in [4.78, 5) is 22.2.